The maximum atomic E-state index is 9.61. The molecule has 1 heterocycles. The topological polar surface area (TPSA) is 27.0 Å². The molecule has 1 unspecified atom stereocenters. The number of benzene rings is 2. The van der Waals surface area contributed by atoms with E-state index in [1.54, 1.807) is 0 Å². The molecule has 2 nitrogen and oxygen atoms in total. The smallest absolute Gasteiger partial charge is 0.124 e. The summed E-state index contributed by atoms with van der Waals surface area (Å²) in [6.07, 6.45) is 1.02. The summed E-state index contributed by atoms with van der Waals surface area (Å²) in [4.78, 5) is 2.30. The predicted molar refractivity (Wildman–Crippen MR) is 80.1 cm³/mol. The molecule has 0 radical (unpaired) electrons. The number of hydrogen-bond acceptors (Lipinski definition) is 2. The number of nitriles is 1. The minimum Gasteiger partial charge on any atom is -0.277 e. The summed E-state index contributed by atoms with van der Waals surface area (Å²) in [5.41, 5.74) is 3.76. The molecular weight excluding hydrogens is 244 g/mol. The van der Waals surface area contributed by atoms with E-state index in [0.29, 0.717) is 0 Å². The van der Waals surface area contributed by atoms with Gasteiger partial charge in [-0.05, 0) is 30.0 Å². The predicted octanol–water partition coefficient (Wildman–Crippen LogP) is 3.87. The van der Waals surface area contributed by atoms with Crippen molar-refractivity contribution in [2.45, 2.75) is 25.4 Å². The fraction of sp³-hybridized carbons (Fsp3) is 0.278. The van der Waals surface area contributed by atoms with Crippen LogP contribution in [-0.2, 0) is 6.42 Å². The lowest BCUT2D eigenvalue weighted by molar-refractivity contribution is 0.166. The normalized spacial score (nSPS) is 19.9. The number of nitrogens with zero attached hydrogens (tertiary/aromatic N) is 2. The third-order valence-corrected chi connectivity index (χ3v) is 4.22. The molecule has 0 amide bonds. The first-order chi connectivity index (χ1) is 9.81. The van der Waals surface area contributed by atoms with E-state index in [0.717, 1.165) is 13.0 Å². The van der Waals surface area contributed by atoms with Crippen LogP contribution in [0.5, 0.6) is 0 Å². The van der Waals surface area contributed by atoms with Crippen molar-refractivity contribution in [1.29, 1.82) is 5.26 Å². The molecule has 2 atom stereocenters. The average molecular weight is 262 g/mol. The van der Waals surface area contributed by atoms with E-state index in [1.165, 1.54) is 16.7 Å². The van der Waals surface area contributed by atoms with Gasteiger partial charge in [0.2, 0.25) is 0 Å². The van der Waals surface area contributed by atoms with Gasteiger partial charge in [0.1, 0.15) is 6.04 Å². The van der Waals surface area contributed by atoms with Gasteiger partial charge in [-0.3, -0.25) is 4.90 Å². The monoisotopic (exact) mass is 262 g/mol. The quantitative estimate of drug-likeness (QED) is 0.821. The zero-order chi connectivity index (χ0) is 13.9. The van der Waals surface area contributed by atoms with E-state index in [1.807, 2.05) is 12.1 Å². The molecule has 2 aromatic carbocycles. The Hall–Kier alpha value is -2.11. The average Bonchev–Trinajstić information content (AvgIpc) is 2.54. The second-order valence-corrected chi connectivity index (χ2v) is 5.30. The number of fused-ring (bicyclic) bond motifs is 1. The van der Waals surface area contributed by atoms with Crippen LogP contribution in [-0.4, -0.2) is 11.4 Å². The maximum absolute atomic E-state index is 9.61. The Labute approximate surface area is 120 Å². The molecule has 1 aliphatic rings. The van der Waals surface area contributed by atoms with Gasteiger partial charge in [0.05, 0.1) is 6.07 Å². The van der Waals surface area contributed by atoms with Crippen LogP contribution >= 0.6 is 0 Å². The molecular formula is C18H18N2. The summed E-state index contributed by atoms with van der Waals surface area (Å²) in [7, 11) is 0. The first-order valence-corrected chi connectivity index (χ1v) is 7.09. The van der Waals surface area contributed by atoms with E-state index in [-0.39, 0.29) is 12.1 Å². The van der Waals surface area contributed by atoms with Gasteiger partial charge >= 0.3 is 0 Å². The summed E-state index contributed by atoms with van der Waals surface area (Å²) in [6, 6.07) is 21.4. The molecule has 0 saturated carbocycles. The summed E-state index contributed by atoms with van der Waals surface area (Å²) in [6.45, 7) is 3.12. The zero-order valence-electron chi connectivity index (χ0n) is 11.7. The van der Waals surface area contributed by atoms with E-state index in [9.17, 15) is 5.26 Å². The van der Waals surface area contributed by atoms with E-state index < -0.39 is 0 Å². The molecule has 0 fully saturated rings. The van der Waals surface area contributed by atoms with Crippen molar-refractivity contribution < 1.29 is 0 Å². The molecule has 3 rings (SSSR count). The van der Waals surface area contributed by atoms with Crippen LogP contribution in [0.1, 0.15) is 35.7 Å². The van der Waals surface area contributed by atoms with Gasteiger partial charge in [0.25, 0.3) is 0 Å². The van der Waals surface area contributed by atoms with Crippen molar-refractivity contribution >= 4 is 0 Å². The second kappa shape index (κ2) is 5.48. The lowest BCUT2D eigenvalue weighted by atomic mass is 9.91. The van der Waals surface area contributed by atoms with Gasteiger partial charge < -0.3 is 0 Å². The van der Waals surface area contributed by atoms with Crippen LogP contribution in [0.3, 0.4) is 0 Å². The van der Waals surface area contributed by atoms with Gasteiger partial charge in [0, 0.05) is 12.6 Å². The molecule has 0 aromatic heterocycles. The molecule has 0 aliphatic carbocycles. The van der Waals surface area contributed by atoms with Crippen LogP contribution in [0.2, 0.25) is 0 Å². The molecule has 100 valence electrons. The van der Waals surface area contributed by atoms with Crippen LogP contribution < -0.4 is 0 Å². The Balaban J connectivity index is 1.94. The standard InChI is InChI=1S/C18H18N2/c1-14(15-7-3-2-4-8-15)20-12-11-16-9-5-6-10-17(16)18(20)13-19/h2-10,14,18H,11-12H2,1H3/t14-,18?/m0/s1. The number of rotatable bonds is 2. The van der Waals surface area contributed by atoms with E-state index in [4.69, 9.17) is 0 Å². The zero-order valence-corrected chi connectivity index (χ0v) is 11.7. The molecule has 2 heteroatoms. The van der Waals surface area contributed by atoms with Crippen molar-refractivity contribution in [3.8, 4) is 6.07 Å². The van der Waals surface area contributed by atoms with Crippen molar-refractivity contribution in [2.75, 3.05) is 6.54 Å². The molecule has 1 aliphatic heterocycles. The first-order valence-electron chi connectivity index (χ1n) is 7.09. The molecule has 0 spiro atoms. The molecule has 0 bridgehead atoms. The van der Waals surface area contributed by atoms with Crippen molar-refractivity contribution in [2.24, 2.45) is 0 Å². The highest BCUT2D eigenvalue weighted by Crippen LogP contribution is 2.35. The first kappa shape index (κ1) is 12.9. The summed E-state index contributed by atoms with van der Waals surface area (Å²) in [5.74, 6) is 0. The Morgan fingerprint density at radius 3 is 2.55 bits per heavy atom. The summed E-state index contributed by atoms with van der Waals surface area (Å²) < 4.78 is 0. The van der Waals surface area contributed by atoms with Crippen LogP contribution in [0.25, 0.3) is 0 Å². The lowest BCUT2D eigenvalue weighted by Crippen LogP contribution is -2.36. The Kier molecular flexibility index (Phi) is 3.54. The van der Waals surface area contributed by atoms with Crippen LogP contribution in [0, 0.1) is 11.3 Å². The minimum absolute atomic E-state index is 0.143. The third kappa shape index (κ3) is 2.21. The van der Waals surface area contributed by atoms with Gasteiger partial charge in [-0.2, -0.15) is 5.26 Å². The molecule has 0 saturated heterocycles. The van der Waals surface area contributed by atoms with Gasteiger partial charge in [-0.1, -0.05) is 54.6 Å². The Bertz CT molecular complexity index is 627. The highest BCUT2D eigenvalue weighted by molar-refractivity contribution is 5.36. The van der Waals surface area contributed by atoms with Gasteiger partial charge in [-0.25, -0.2) is 0 Å². The third-order valence-electron chi connectivity index (χ3n) is 4.22. The van der Waals surface area contributed by atoms with Crippen LogP contribution in [0.15, 0.2) is 54.6 Å². The molecule has 2 aromatic rings. The SMILES string of the molecule is C[C@@H](c1ccccc1)N1CCc2ccccc2C1C#N. The Morgan fingerprint density at radius 2 is 1.80 bits per heavy atom. The van der Waals surface area contributed by atoms with Crippen molar-refractivity contribution in [1.82, 2.24) is 4.90 Å². The second-order valence-electron chi connectivity index (χ2n) is 5.30. The summed E-state index contributed by atoms with van der Waals surface area (Å²) in [5, 5.41) is 9.61. The van der Waals surface area contributed by atoms with Gasteiger partial charge in [0.15, 0.2) is 0 Å². The number of hydrogen-bond donors (Lipinski definition) is 0. The molecule has 0 N–H and O–H groups in total. The Morgan fingerprint density at radius 1 is 1.10 bits per heavy atom. The van der Waals surface area contributed by atoms with Crippen LogP contribution in [0.4, 0.5) is 0 Å². The van der Waals surface area contributed by atoms with Crippen molar-refractivity contribution in [3.63, 3.8) is 0 Å². The molecule has 20 heavy (non-hydrogen) atoms. The van der Waals surface area contributed by atoms with Gasteiger partial charge in [-0.15, -0.1) is 0 Å². The fourth-order valence-electron chi connectivity index (χ4n) is 3.07. The highest BCUT2D eigenvalue weighted by Gasteiger charge is 2.30. The fourth-order valence-corrected chi connectivity index (χ4v) is 3.07. The minimum atomic E-state index is -0.143. The highest BCUT2D eigenvalue weighted by atomic mass is 15.2. The van der Waals surface area contributed by atoms with E-state index in [2.05, 4.69) is 60.4 Å². The summed E-state index contributed by atoms with van der Waals surface area (Å²) >= 11 is 0. The van der Waals surface area contributed by atoms with E-state index >= 15 is 0 Å². The lowest BCUT2D eigenvalue weighted by Gasteiger charge is -2.37. The maximum Gasteiger partial charge on any atom is 0.124 e. The largest absolute Gasteiger partial charge is 0.277 e. The van der Waals surface area contributed by atoms with Crippen molar-refractivity contribution in [3.05, 3.63) is 71.3 Å².